The van der Waals surface area contributed by atoms with E-state index in [1.807, 2.05) is 0 Å². The average Bonchev–Trinajstić information content (AvgIpc) is 3.30. The minimum atomic E-state index is -5.03. The van der Waals surface area contributed by atoms with Gasteiger partial charge in [-0.25, -0.2) is 12.8 Å². The number of carbonyl (C=O) groups excluding carboxylic acids is 1. The maximum absolute atomic E-state index is 13.9. The molecule has 1 fully saturated rings. The van der Waals surface area contributed by atoms with Crippen molar-refractivity contribution in [2.75, 3.05) is 17.5 Å². The summed E-state index contributed by atoms with van der Waals surface area (Å²) in [5.41, 5.74) is -1.12. The van der Waals surface area contributed by atoms with Crippen LogP contribution in [0.2, 0.25) is 0 Å². The number of nitrogens with one attached hydrogen (secondary N) is 1. The summed E-state index contributed by atoms with van der Waals surface area (Å²) in [7, 11) is -3.51. The maximum atomic E-state index is 13.9. The number of ether oxygens (including phenoxy) is 1. The van der Waals surface area contributed by atoms with Gasteiger partial charge in [0.15, 0.2) is 0 Å². The van der Waals surface area contributed by atoms with Crippen LogP contribution in [-0.4, -0.2) is 44.2 Å². The Bertz CT molecular complexity index is 1690. The van der Waals surface area contributed by atoms with Crippen molar-refractivity contribution in [3.63, 3.8) is 0 Å². The number of halogens is 7. The Morgan fingerprint density at radius 1 is 0.911 bits per heavy atom. The molecule has 3 aromatic carbocycles. The van der Waals surface area contributed by atoms with Gasteiger partial charge in [-0.2, -0.15) is 26.3 Å². The highest BCUT2D eigenvalue weighted by molar-refractivity contribution is 7.92. The summed E-state index contributed by atoms with van der Waals surface area (Å²) in [6.45, 7) is 1.33. The van der Waals surface area contributed by atoms with Crippen molar-refractivity contribution in [1.29, 1.82) is 0 Å². The second kappa shape index (κ2) is 11.8. The van der Waals surface area contributed by atoms with Gasteiger partial charge in [-0.3, -0.25) is 9.52 Å². The molecular weight excluding hydrogens is 629 g/mol. The Labute approximate surface area is 254 Å². The SMILES string of the molecule is C[C@@H](O[C@H]1CN2C(=O)C=C(c3ccc(NS(C)(=O)=O)cc3)CC2[C@@H]1c1ccc(F)cc1)c1cc(C(F)(F)F)cc(C(F)(F)F)c1. The molecule has 3 aromatic rings. The van der Waals surface area contributed by atoms with Crippen LogP contribution >= 0.6 is 0 Å². The number of hydrogen-bond donors (Lipinski definition) is 1. The summed E-state index contributed by atoms with van der Waals surface area (Å²) < 4.78 is 127. The lowest BCUT2D eigenvalue weighted by Crippen LogP contribution is -2.39. The van der Waals surface area contributed by atoms with Gasteiger partial charge in [-0.05, 0) is 78.1 Å². The smallest absolute Gasteiger partial charge is 0.368 e. The first-order valence-corrected chi connectivity index (χ1v) is 15.6. The van der Waals surface area contributed by atoms with Crippen molar-refractivity contribution < 1.29 is 48.7 Å². The van der Waals surface area contributed by atoms with E-state index in [1.54, 1.807) is 12.1 Å². The van der Waals surface area contributed by atoms with Crippen molar-refractivity contribution in [1.82, 2.24) is 4.90 Å². The van der Waals surface area contributed by atoms with E-state index in [2.05, 4.69) is 4.72 Å². The largest absolute Gasteiger partial charge is 0.416 e. The maximum Gasteiger partial charge on any atom is 0.416 e. The zero-order chi connectivity index (χ0) is 32.9. The number of benzene rings is 3. The first kappa shape index (κ1) is 32.5. The van der Waals surface area contributed by atoms with E-state index < -0.39 is 63.5 Å². The van der Waals surface area contributed by atoms with Gasteiger partial charge in [0.25, 0.3) is 0 Å². The predicted molar refractivity (Wildman–Crippen MR) is 152 cm³/mol. The van der Waals surface area contributed by atoms with E-state index in [0.717, 1.165) is 6.26 Å². The zero-order valence-electron chi connectivity index (χ0n) is 23.8. The van der Waals surface area contributed by atoms with E-state index in [0.29, 0.717) is 40.9 Å². The topological polar surface area (TPSA) is 75.7 Å². The first-order valence-electron chi connectivity index (χ1n) is 13.7. The summed E-state index contributed by atoms with van der Waals surface area (Å²) in [6.07, 6.45) is -9.44. The van der Waals surface area contributed by atoms with Gasteiger partial charge in [-0.15, -0.1) is 0 Å². The molecule has 1 N–H and O–H groups in total. The number of sulfonamides is 1. The highest BCUT2D eigenvalue weighted by atomic mass is 32.2. The van der Waals surface area contributed by atoms with Crippen LogP contribution < -0.4 is 4.72 Å². The number of rotatable bonds is 7. The first-order chi connectivity index (χ1) is 20.9. The van der Waals surface area contributed by atoms with Crippen LogP contribution in [0, 0.1) is 5.82 Å². The summed E-state index contributed by atoms with van der Waals surface area (Å²) in [4.78, 5) is 14.9. The van der Waals surface area contributed by atoms with Crippen molar-refractivity contribution in [2.24, 2.45) is 0 Å². The van der Waals surface area contributed by atoms with E-state index in [1.165, 1.54) is 54.3 Å². The van der Waals surface area contributed by atoms with Crippen LogP contribution in [0.3, 0.4) is 0 Å². The molecule has 14 heteroatoms. The number of anilines is 1. The normalized spacial score (nSPS) is 21.4. The quantitative estimate of drug-likeness (QED) is 0.274. The van der Waals surface area contributed by atoms with Crippen LogP contribution in [0.25, 0.3) is 5.57 Å². The molecule has 2 heterocycles. The highest BCUT2D eigenvalue weighted by Gasteiger charge is 2.48. The number of amides is 1. The van der Waals surface area contributed by atoms with Crippen LogP contribution in [0.15, 0.2) is 72.8 Å². The van der Waals surface area contributed by atoms with Gasteiger partial charge >= 0.3 is 12.4 Å². The summed E-state index contributed by atoms with van der Waals surface area (Å²) >= 11 is 0. The lowest BCUT2D eigenvalue weighted by atomic mass is 9.83. The fourth-order valence-electron chi connectivity index (χ4n) is 5.86. The standard InChI is InChI=1S/C31H27F7N2O4S/c1-17(20-11-22(30(33,34)35)15-23(12-20)31(36,37)38)44-27-16-40-26(29(27)19-3-7-24(32)8-4-19)13-21(14-28(40)41)18-5-9-25(10-6-18)39-45(2,42)43/h3-12,14-15,17,26-27,29,39H,13,16H2,1-2H3/t17-,26?,27+,29+/m1/s1. The molecule has 1 unspecified atom stereocenters. The molecular formula is C31H27F7N2O4S. The highest BCUT2D eigenvalue weighted by Crippen LogP contribution is 2.45. The summed E-state index contributed by atoms with van der Waals surface area (Å²) in [5.74, 6) is -1.52. The van der Waals surface area contributed by atoms with E-state index in [4.69, 9.17) is 4.74 Å². The Morgan fingerprint density at radius 2 is 1.49 bits per heavy atom. The Kier molecular flexibility index (Phi) is 8.51. The molecule has 6 nitrogen and oxygen atoms in total. The molecule has 4 atom stereocenters. The number of nitrogens with zero attached hydrogens (tertiary/aromatic N) is 1. The molecule has 1 saturated heterocycles. The van der Waals surface area contributed by atoms with Crippen molar-refractivity contribution in [2.45, 2.75) is 49.9 Å². The fraction of sp³-hybridized carbons (Fsp3) is 0.323. The van der Waals surface area contributed by atoms with E-state index in [9.17, 15) is 43.9 Å². The van der Waals surface area contributed by atoms with Crippen molar-refractivity contribution in [3.8, 4) is 0 Å². The van der Waals surface area contributed by atoms with Gasteiger partial charge < -0.3 is 9.64 Å². The molecule has 0 aromatic heterocycles. The van der Waals surface area contributed by atoms with Gasteiger partial charge in [-0.1, -0.05) is 24.3 Å². The molecule has 240 valence electrons. The lowest BCUT2D eigenvalue weighted by molar-refractivity contribution is -0.143. The van der Waals surface area contributed by atoms with Gasteiger partial charge in [0, 0.05) is 30.3 Å². The molecule has 0 saturated carbocycles. The molecule has 0 radical (unpaired) electrons. The monoisotopic (exact) mass is 656 g/mol. The Balaban J connectivity index is 1.46. The number of hydrogen-bond acceptors (Lipinski definition) is 4. The summed E-state index contributed by atoms with van der Waals surface area (Å²) in [5, 5.41) is 0. The third-order valence-corrected chi connectivity index (χ3v) is 8.48. The van der Waals surface area contributed by atoms with Crippen molar-refractivity contribution in [3.05, 3.63) is 106 Å². The van der Waals surface area contributed by atoms with Gasteiger partial charge in [0.05, 0.1) is 29.6 Å². The minimum Gasteiger partial charge on any atom is -0.368 e. The predicted octanol–water partition coefficient (Wildman–Crippen LogP) is 7.16. The molecule has 0 spiro atoms. The molecule has 1 amide bonds. The number of alkyl halides is 6. The van der Waals surface area contributed by atoms with Crippen LogP contribution in [-0.2, 0) is 31.9 Å². The zero-order valence-corrected chi connectivity index (χ0v) is 24.6. The fourth-order valence-corrected chi connectivity index (χ4v) is 6.43. The van der Waals surface area contributed by atoms with Gasteiger partial charge in [0.2, 0.25) is 15.9 Å². The molecule has 2 aliphatic rings. The Morgan fingerprint density at radius 3 is 2.02 bits per heavy atom. The second-order valence-electron chi connectivity index (χ2n) is 11.1. The van der Waals surface area contributed by atoms with Crippen LogP contribution in [0.5, 0.6) is 0 Å². The molecule has 0 bridgehead atoms. The Hall–Kier alpha value is -3.91. The average molecular weight is 657 g/mol. The number of fused-ring (bicyclic) bond motifs is 1. The third kappa shape index (κ3) is 7.33. The molecule has 0 aliphatic carbocycles. The summed E-state index contributed by atoms with van der Waals surface area (Å²) in [6, 6.07) is 12.5. The van der Waals surface area contributed by atoms with E-state index >= 15 is 0 Å². The molecule has 45 heavy (non-hydrogen) atoms. The van der Waals surface area contributed by atoms with Crippen molar-refractivity contribution >= 4 is 27.2 Å². The van der Waals surface area contributed by atoms with Crippen LogP contribution in [0.1, 0.15) is 53.2 Å². The minimum absolute atomic E-state index is 0.0119. The molecule has 2 aliphatic heterocycles. The third-order valence-electron chi connectivity index (χ3n) is 7.87. The lowest BCUT2D eigenvalue weighted by Gasteiger charge is -2.33. The number of carbonyl (C=O) groups is 1. The van der Waals surface area contributed by atoms with Crippen LogP contribution in [0.4, 0.5) is 36.4 Å². The molecule has 5 rings (SSSR count). The van der Waals surface area contributed by atoms with Gasteiger partial charge in [0.1, 0.15) is 5.82 Å². The second-order valence-corrected chi connectivity index (χ2v) is 12.9. The van der Waals surface area contributed by atoms with E-state index in [-0.39, 0.29) is 24.1 Å².